The van der Waals surface area contributed by atoms with Gasteiger partial charge in [0.2, 0.25) is 5.91 Å². The number of benzene rings is 1. The molecule has 0 spiro atoms. The summed E-state index contributed by atoms with van der Waals surface area (Å²) in [5, 5.41) is 10.9. The lowest BCUT2D eigenvalue weighted by Crippen LogP contribution is -2.45. The van der Waals surface area contributed by atoms with Crippen LogP contribution < -0.4 is 20.9 Å². The van der Waals surface area contributed by atoms with Gasteiger partial charge in [-0.15, -0.1) is 24.0 Å². The van der Waals surface area contributed by atoms with Gasteiger partial charge < -0.3 is 20.9 Å². The Labute approximate surface area is 210 Å². The number of hydrogen-bond acceptors (Lipinski definition) is 4. The first-order valence-electron chi connectivity index (χ1n) is 9.93. The van der Waals surface area contributed by atoms with Crippen molar-refractivity contribution < 1.29 is 4.79 Å². The summed E-state index contributed by atoms with van der Waals surface area (Å²) in [7, 11) is 1.74. The van der Waals surface area contributed by atoms with Crippen molar-refractivity contribution in [3.05, 3.63) is 52.6 Å². The summed E-state index contributed by atoms with van der Waals surface area (Å²) in [6, 6.07) is 11.0. The van der Waals surface area contributed by atoms with E-state index in [-0.39, 0.29) is 35.9 Å². The molecule has 3 rings (SSSR count). The molecule has 1 atom stereocenters. The maximum atomic E-state index is 12.0. The quantitative estimate of drug-likeness (QED) is 0.199. The Balaban J connectivity index is 0.00000341. The van der Waals surface area contributed by atoms with E-state index >= 15 is 0 Å². The molecular weight excluding hydrogens is 550 g/mol. The fraction of sp³-hybridized carbons (Fsp3) is 0.381. The van der Waals surface area contributed by atoms with Crippen molar-refractivity contribution in [3.8, 4) is 0 Å². The number of carbonyl (C=O) groups is 1. The summed E-state index contributed by atoms with van der Waals surface area (Å²) < 4.78 is 0. The third-order valence-electron chi connectivity index (χ3n) is 4.79. The van der Waals surface area contributed by atoms with Crippen LogP contribution in [0.15, 0.2) is 47.6 Å². The van der Waals surface area contributed by atoms with Crippen molar-refractivity contribution in [1.29, 1.82) is 0 Å². The van der Waals surface area contributed by atoms with Crippen molar-refractivity contribution >= 4 is 70.6 Å². The van der Waals surface area contributed by atoms with Crippen LogP contribution in [0.2, 0.25) is 10.0 Å². The van der Waals surface area contributed by atoms with Gasteiger partial charge in [0.1, 0.15) is 5.82 Å². The van der Waals surface area contributed by atoms with Crippen LogP contribution in [-0.4, -0.2) is 49.6 Å². The number of guanidine groups is 1. The Morgan fingerprint density at radius 1 is 1.26 bits per heavy atom. The van der Waals surface area contributed by atoms with Crippen LogP contribution in [0.5, 0.6) is 0 Å². The summed E-state index contributed by atoms with van der Waals surface area (Å²) in [5.74, 6) is 1.52. The monoisotopic (exact) mass is 576 g/mol. The topological polar surface area (TPSA) is 81.6 Å². The normalized spacial score (nSPS) is 15.9. The summed E-state index contributed by atoms with van der Waals surface area (Å²) in [5.41, 5.74) is 0.744. The van der Waals surface area contributed by atoms with Gasteiger partial charge in [0.15, 0.2) is 5.96 Å². The van der Waals surface area contributed by atoms with Gasteiger partial charge in [0, 0.05) is 56.1 Å². The first-order chi connectivity index (χ1) is 14.5. The molecule has 1 fully saturated rings. The molecule has 1 aromatic heterocycles. The van der Waals surface area contributed by atoms with E-state index in [0.717, 1.165) is 37.0 Å². The molecule has 0 radical (unpaired) electrons. The fourth-order valence-corrected chi connectivity index (χ4v) is 3.65. The van der Waals surface area contributed by atoms with E-state index in [9.17, 15) is 4.79 Å². The second kappa shape index (κ2) is 12.9. The van der Waals surface area contributed by atoms with E-state index in [0.29, 0.717) is 29.4 Å². The third-order valence-corrected chi connectivity index (χ3v) is 5.34. The van der Waals surface area contributed by atoms with E-state index in [1.165, 1.54) is 0 Å². The van der Waals surface area contributed by atoms with Gasteiger partial charge in [-0.05, 0) is 49.2 Å². The van der Waals surface area contributed by atoms with Crippen LogP contribution in [0.25, 0.3) is 0 Å². The highest BCUT2D eigenvalue weighted by Gasteiger charge is 2.25. The lowest BCUT2D eigenvalue weighted by Gasteiger charge is -2.20. The summed E-state index contributed by atoms with van der Waals surface area (Å²) in [6.45, 7) is 2.34. The first kappa shape index (κ1) is 25.5. The van der Waals surface area contributed by atoms with Crippen LogP contribution >= 0.6 is 47.2 Å². The number of carbonyl (C=O) groups excluding carboxylic acids is 1. The van der Waals surface area contributed by atoms with Gasteiger partial charge in [-0.3, -0.25) is 9.79 Å². The van der Waals surface area contributed by atoms with Crippen LogP contribution in [0.4, 0.5) is 11.5 Å². The van der Waals surface area contributed by atoms with Gasteiger partial charge in [-0.1, -0.05) is 23.2 Å². The molecule has 3 N–H and O–H groups in total. The lowest BCUT2D eigenvalue weighted by molar-refractivity contribution is -0.116. The Morgan fingerprint density at radius 3 is 2.74 bits per heavy atom. The largest absolute Gasteiger partial charge is 0.356 e. The molecule has 168 valence electrons. The standard InChI is InChI=1S/C21H26Cl2N6O.HI/c1-24-21(26-12-3-5-19(30)27-16-8-6-15(22)7-9-16)28-17-10-13-29(14-17)20-18(23)4-2-11-25-20;/h2,4,6-9,11,17H,3,5,10,12-14H2,1H3,(H,27,30)(H2,24,26,28);1H. The maximum absolute atomic E-state index is 12.0. The van der Waals surface area contributed by atoms with E-state index in [2.05, 4.69) is 30.8 Å². The zero-order valence-corrected chi connectivity index (χ0v) is 21.1. The zero-order chi connectivity index (χ0) is 21.3. The van der Waals surface area contributed by atoms with Gasteiger partial charge >= 0.3 is 0 Å². The fourth-order valence-electron chi connectivity index (χ4n) is 3.28. The van der Waals surface area contributed by atoms with Crippen molar-refractivity contribution in [2.75, 3.05) is 36.9 Å². The highest BCUT2D eigenvalue weighted by atomic mass is 127. The number of hydrogen-bond donors (Lipinski definition) is 3. The second-order valence-corrected chi connectivity index (χ2v) is 7.89. The molecule has 7 nitrogen and oxygen atoms in total. The van der Waals surface area contributed by atoms with Crippen molar-refractivity contribution in [3.63, 3.8) is 0 Å². The minimum atomic E-state index is -0.0271. The Kier molecular flexibility index (Phi) is 10.6. The molecule has 1 aliphatic heterocycles. The highest BCUT2D eigenvalue weighted by molar-refractivity contribution is 14.0. The molecule has 31 heavy (non-hydrogen) atoms. The number of aliphatic imine (C=N–C) groups is 1. The van der Waals surface area contributed by atoms with Gasteiger partial charge in [-0.2, -0.15) is 0 Å². The number of rotatable bonds is 7. The molecular formula is C21H27Cl2IN6O. The van der Waals surface area contributed by atoms with Crippen molar-refractivity contribution in [2.45, 2.75) is 25.3 Å². The Bertz CT molecular complexity index is 880. The summed E-state index contributed by atoms with van der Waals surface area (Å²) in [6.07, 6.45) is 3.84. The average Bonchev–Trinajstić information content (AvgIpc) is 3.20. The van der Waals surface area contributed by atoms with Gasteiger partial charge in [-0.25, -0.2) is 4.98 Å². The molecule has 2 aromatic rings. The lowest BCUT2D eigenvalue weighted by atomic mass is 10.2. The first-order valence-corrected chi connectivity index (χ1v) is 10.7. The molecule has 1 aliphatic rings. The average molecular weight is 577 g/mol. The number of halogens is 3. The zero-order valence-electron chi connectivity index (χ0n) is 17.3. The number of nitrogens with one attached hydrogen (secondary N) is 3. The smallest absolute Gasteiger partial charge is 0.224 e. The van der Waals surface area contributed by atoms with Gasteiger partial charge in [0.05, 0.1) is 5.02 Å². The molecule has 1 aromatic carbocycles. The maximum Gasteiger partial charge on any atom is 0.224 e. The van der Waals surface area contributed by atoms with E-state index in [1.807, 2.05) is 12.1 Å². The van der Waals surface area contributed by atoms with Crippen molar-refractivity contribution in [2.24, 2.45) is 4.99 Å². The molecule has 1 unspecified atom stereocenters. The van der Waals surface area contributed by atoms with E-state index in [4.69, 9.17) is 23.2 Å². The van der Waals surface area contributed by atoms with E-state index in [1.54, 1.807) is 37.5 Å². The molecule has 2 heterocycles. The molecule has 0 saturated carbocycles. The number of amides is 1. The molecule has 1 amide bonds. The number of pyridine rings is 1. The minimum absolute atomic E-state index is 0. The Hall–Kier alpha value is -1.78. The number of nitrogens with zero attached hydrogens (tertiary/aromatic N) is 3. The van der Waals surface area contributed by atoms with Crippen LogP contribution in [-0.2, 0) is 4.79 Å². The summed E-state index contributed by atoms with van der Waals surface area (Å²) >= 11 is 12.1. The molecule has 0 aliphatic carbocycles. The predicted molar refractivity (Wildman–Crippen MR) is 139 cm³/mol. The molecule has 1 saturated heterocycles. The Morgan fingerprint density at radius 2 is 2.03 bits per heavy atom. The summed E-state index contributed by atoms with van der Waals surface area (Å²) in [4.78, 5) is 22.9. The second-order valence-electron chi connectivity index (χ2n) is 7.04. The van der Waals surface area contributed by atoms with Crippen LogP contribution in [0.1, 0.15) is 19.3 Å². The minimum Gasteiger partial charge on any atom is -0.356 e. The van der Waals surface area contributed by atoms with Gasteiger partial charge in [0.25, 0.3) is 0 Å². The molecule has 10 heteroatoms. The van der Waals surface area contributed by atoms with Crippen LogP contribution in [0.3, 0.4) is 0 Å². The molecule has 0 bridgehead atoms. The highest BCUT2D eigenvalue weighted by Crippen LogP contribution is 2.25. The van der Waals surface area contributed by atoms with Crippen LogP contribution in [0, 0.1) is 0 Å². The van der Waals surface area contributed by atoms with Crippen molar-refractivity contribution in [1.82, 2.24) is 15.6 Å². The SMILES string of the molecule is CN=C(NCCCC(=O)Nc1ccc(Cl)cc1)NC1CCN(c2ncccc2Cl)C1.I. The van der Waals surface area contributed by atoms with E-state index < -0.39 is 0 Å². The number of aromatic nitrogens is 1. The number of anilines is 2. The third kappa shape index (κ3) is 8.01. The predicted octanol–water partition coefficient (Wildman–Crippen LogP) is 4.17.